The summed E-state index contributed by atoms with van der Waals surface area (Å²) in [4.78, 5) is 12.8. The van der Waals surface area contributed by atoms with Crippen LogP contribution >= 0.6 is 12.2 Å². The van der Waals surface area contributed by atoms with Gasteiger partial charge in [0.2, 0.25) is 0 Å². The highest BCUT2D eigenvalue weighted by Gasteiger charge is 2.21. The van der Waals surface area contributed by atoms with E-state index in [-0.39, 0.29) is 48.1 Å². The van der Waals surface area contributed by atoms with E-state index in [0.717, 1.165) is 5.39 Å². The molecule has 0 aliphatic heterocycles. The standard InChI is InChI=1S/C22H19N3O6S/c26-21(23-10-11-28-19-12-18(31-25-19)22(32)24-27)20-16(13-29-14-6-2-1-3-7-14)15-8-4-5-9-17(15)30-20/h1-9,12,27H,10-11,13H2,(H,23,26)(H,24,32). The Morgan fingerprint density at radius 1 is 1.09 bits per heavy atom. The predicted molar refractivity (Wildman–Crippen MR) is 118 cm³/mol. The lowest BCUT2D eigenvalue weighted by molar-refractivity contribution is 0.0917. The van der Waals surface area contributed by atoms with Gasteiger partial charge < -0.3 is 23.7 Å². The summed E-state index contributed by atoms with van der Waals surface area (Å²) in [5.41, 5.74) is 3.06. The first-order chi connectivity index (χ1) is 15.7. The van der Waals surface area contributed by atoms with Crippen molar-refractivity contribution in [3.05, 3.63) is 77.7 Å². The number of ether oxygens (including phenoxy) is 2. The maximum atomic E-state index is 12.8. The number of benzene rings is 2. The van der Waals surface area contributed by atoms with Gasteiger partial charge in [0.25, 0.3) is 11.8 Å². The molecule has 0 bridgehead atoms. The van der Waals surface area contributed by atoms with E-state index in [0.29, 0.717) is 16.9 Å². The second-order valence-corrected chi connectivity index (χ2v) is 6.99. The molecule has 0 saturated carbocycles. The molecular weight excluding hydrogens is 434 g/mol. The fourth-order valence-corrected chi connectivity index (χ4v) is 3.08. The van der Waals surface area contributed by atoms with E-state index in [1.165, 1.54) is 6.07 Å². The van der Waals surface area contributed by atoms with E-state index in [9.17, 15) is 4.79 Å². The molecule has 0 unspecified atom stereocenters. The molecule has 0 aliphatic rings. The third-order valence-corrected chi connectivity index (χ3v) is 4.77. The number of rotatable bonds is 9. The average Bonchev–Trinajstić information content (AvgIpc) is 3.45. The van der Waals surface area contributed by atoms with Crippen LogP contribution < -0.4 is 20.3 Å². The van der Waals surface area contributed by atoms with Crippen molar-refractivity contribution in [3.8, 4) is 11.6 Å². The van der Waals surface area contributed by atoms with Crippen LogP contribution in [0.4, 0.5) is 0 Å². The number of furan rings is 1. The molecule has 2 aromatic carbocycles. The van der Waals surface area contributed by atoms with Gasteiger partial charge in [-0.1, -0.05) is 48.6 Å². The van der Waals surface area contributed by atoms with Crippen molar-refractivity contribution in [3.63, 3.8) is 0 Å². The summed E-state index contributed by atoms with van der Waals surface area (Å²) >= 11 is 4.82. The molecule has 0 fully saturated rings. The zero-order chi connectivity index (χ0) is 22.3. The van der Waals surface area contributed by atoms with Gasteiger partial charge in [0.15, 0.2) is 16.5 Å². The quantitative estimate of drug-likeness (QED) is 0.199. The summed E-state index contributed by atoms with van der Waals surface area (Å²) in [5.74, 6) is 0.827. The van der Waals surface area contributed by atoms with Crippen LogP contribution in [0.5, 0.6) is 11.6 Å². The molecular formula is C22H19N3O6S. The lowest BCUT2D eigenvalue weighted by atomic mass is 10.1. The monoisotopic (exact) mass is 453 g/mol. The summed E-state index contributed by atoms with van der Waals surface area (Å²) in [6, 6.07) is 18.2. The molecule has 0 aliphatic carbocycles. The first kappa shape index (κ1) is 21.3. The number of thiocarbonyl (C=S) groups is 1. The van der Waals surface area contributed by atoms with Gasteiger partial charge in [-0.25, -0.2) is 0 Å². The highest BCUT2D eigenvalue weighted by atomic mass is 32.1. The minimum atomic E-state index is -0.386. The van der Waals surface area contributed by atoms with Crippen LogP contribution in [-0.4, -0.2) is 34.4 Å². The molecule has 3 N–H and O–H groups in total. The SMILES string of the molecule is O=C(NCCOc1cc(C(=S)NO)on1)c1oc2ccccc2c1COc1ccccc1. The minimum absolute atomic E-state index is 0.0178. The number of nitrogens with one attached hydrogen (secondary N) is 2. The Kier molecular flexibility index (Phi) is 6.63. The fourth-order valence-electron chi connectivity index (χ4n) is 2.99. The third-order valence-electron chi connectivity index (χ3n) is 4.48. The molecule has 4 rings (SSSR count). The molecule has 2 heterocycles. The molecule has 1 amide bonds. The Morgan fingerprint density at radius 2 is 1.88 bits per heavy atom. The summed E-state index contributed by atoms with van der Waals surface area (Å²) in [6.45, 7) is 0.508. The Balaban J connectivity index is 1.39. The van der Waals surface area contributed by atoms with Crippen LogP contribution in [-0.2, 0) is 6.61 Å². The Labute approximate surface area is 187 Å². The van der Waals surface area contributed by atoms with Crippen molar-refractivity contribution in [2.45, 2.75) is 6.61 Å². The molecule has 4 aromatic rings. The summed E-state index contributed by atoms with van der Waals surface area (Å²) < 4.78 is 22.0. The van der Waals surface area contributed by atoms with E-state index in [2.05, 4.69) is 10.5 Å². The third kappa shape index (κ3) is 4.88. The number of hydroxylamine groups is 1. The van der Waals surface area contributed by atoms with Crippen molar-refractivity contribution < 1.29 is 28.4 Å². The Hall–Kier alpha value is -3.89. The average molecular weight is 453 g/mol. The number of amides is 1. The van der Waals surface area contributed by atoms with E-state index in [4.69, 9.17) is 35.8 Å². The van der Waals surface area contributed by atoms with Crippen LogP contribution in [0.3, 0.4) is 0 Å². The number of carbonyl (C=O) groups excluding carboxylic acids is 1. The fraction of sp³-hybridized carbons (Fsp3) is 0.136. The molecule has 0 atom stereocenters. The molecule has 2 aromatic heterocycles. The van der Waals surface area contributed by atoms with E-state index < -0.39 is 0 Å². The van der Waals surface area contributed by atoms with Gasteiger partial charge in [-0.3, -0.25) is 15.5 Å². The van der Waals surface area contributed by atoms with Crippen LogP contribution in [0, 0.1) is 0 Å². The number of aromatic nitrogens is 1. The zero-order valence-corrected chi connectivity index (χ0v) is 17.6. The lowest BCUT2D eigenvalue weighted by Crippen LogP contribution is -2.28. The first-order valence-corrected chi connectivity index (χ1v) is 10.1. The molecule has 164 valence electrons. The number of nitrogens with zero attached hydrogens (tertiary/aromatic N) is 1. The highest BCUT2D eigenvalue weighted by Crippen LogP contribution is 2.27. The predicted octanol–water partition coefficient (Wildman–Crippen LogP) is 3.46. The van der Waals surface area contributed by atoms with Crippen molar-refractivity contribution in [2.24, 2.45) is 0 Å². The Bertz CT molecular complexity index is 1220. The number of para-hydroxylation sites is 2. The first-order valence-electron chi connectivity index (χ1n) is 9.66. The number of fused-ring (bicyclic) bond motifs is 1. The van der Waals surface area contributed by atoms with Gasteiger partial charge in [-0.2, -0.15) is 0 Å². The second-order valence-electron chi connectivity index (χ2n) is 6.58. The van der Waals surface area contributed by atoms with Crippen molar-refractivity contribution >= 4 is 34.1 Å². The molecule has 32 heavy (non-hydrogen) atoms. The van der Waals surface area contributed by atoms with Crippen LogP contribution in [0.2, 0.25) is 0 Å². The zero-order valence-electron chi connectivity index (χ0n) is 16.7. The van der Waals surface area contributed by atoms with E-state index >= 15 is 0 Å². The van der Waals surface area contributed by atoms with Gasteiger partial charge in [0.05, 0.1) is 12.6 Å². The van der Waals surface area contributed by atoms with E-state index in [1.807, 2.05) is 48.5 Å². The maximum absolute atomic E-state index is 12.8. The number of hydrogen-bond acceptors (Lipinski definition) is 8. The molecule has 10 heteroatoms. The largest absolute Gasteiger partial charge is 0.489 e. The molecule has 9 nitrogen and oxygen atoms in total. The Morgan fingerprint density at radius 3 is 2.69 bits per heavy atom. The van der Waals surface area contributed by atoms with Crippen LogP contribution in [0.1, 0.15) is 21.9 Å². The van der Waals surface area contributed by atoms with Crippen LogP contribution in [0.15, 0.2) is 69.6 Å². The van der Waals surface area contributed by atoms with E-state index in [1.54, 1.807) is 11.5 Å². The number of carbonyl (C=O) groups is 1. The van der Waals surface area contributed by atoms with Gasteiger partial charge in [0.1, 0.15) is 24.5 Å². The van der Waals surface area contributed by atoms with Crippen molar-refractivity contribution in [2.75, 3.05) is 13.2 Å². The van der Waals surface area contributed by atoms with Crippen molar-refractivity contribution in [1.82, 2.24) is 16.0 Å². The highest BCUT2D eigenvalue weighted by molar-refractivity contribution is 7.80. The molecule has 0 spiro atoms. The summed E-state index contributed by atoms with van der Waals surface area (Å²) in [6.07, 6.45) is 0. The normalized spacial score (nSPS) is 10.7. The summed E-state index contributed by atoms with van der Waals surface area (Å²) in [5, 5.41) is 16.0. The van der Waals surface area contributed by atoms with Crippen molar-refractivity contribution in [1.29, 1.82) is 0 Å². The van der Waals surface area contributed by atoms with Crippen LogP contribution in [0.25, 0.3) is 11.0 Å². The summed E-state index contributed by atoms with van der Waals surface area (Å²) in [7, 11) is 0. The van der Waals surface area contributed by atoms with Gasteiger partial charge >= 0.3 is 0 Å². The molecule has 0 radical (unpaired) electrons. The minimum Gasteiger partial charge on any atom is -0.489 e. The second kappa shape index (κ2) is 9.94. The van der Waals surface area contributed by atoms with Gasteiger partial charge in [-0.15, -0.1) is 0 Å². The van der Waals surface area contributed by atoms with Gasteiger partial charge in [0, 0.05) is 10.9 Å². The maximum Gasteiger partial charge on any atom is 0.287 e. The van der Waals surface area contributed by atoms with Gasteiger partial charge in [-0.05, 0) is 23.4 Å². The topological polar surface area (TPSA) is 119 Å². The smallest absolute Gasteiger partial charge is 0.287 e. The molecule has 0 saturated heterocycles. The lowest BCUT2D eigenvalue weighted by Gasteiger charge is -2.08. The number of hydrogen-bond donors (Lipinski definition) is 3.